The van der Waals surface area contributed by atoms with Crippen molar-refractivity contribution in [3.8, 4) is 11.5 Å². The van der Waals surface area contributed by atoms with Gasteiger partial charge in [0.1, 0.15) is 18.1 Å². The van der Waals surface area contributed by atoms with E-state index in [0.717, 1.165) is 48.1 Å². The van der Waals surface area contributed by atoms with E-state index >= 15 is 0 Å². The summed E-state index contributed by atoms with van der Waals surface area (Å²) in [6.45, 7) is 21.9. The molecule has 0 N–H and O–H groups in total. The summed E-state index contributed by atoms with van der Waals surface area (Å²) in [5, 5.41) is 0. The van der Waals surface area contributed by atoms with Crippen LogP contribution in [0.5, 0.6) is 11.5 Å². The molecule has 0 saturated carbocycles. The van der Waals surface area contributed by atoms with Crippen molar-refractivity contribution < 1.29 is 28.8 Å². The second-order valence-electron chi connectivity index (χ2n) is 13.8. The molecule has 2 unspecified atom stereocenters. The SMILES string of the molecule is C=Cc1ccc(C(=O)Oc2ccc(COOC(C)(c3ccccc3)C3Oc4ccc5c(c4[C@H]4c6ccccc6CC[C@H]4O3)CCCC5)cc2)cc1.CC.CC.CC.CC. The normalized spacial score (nSPS) is 17.9. The average molecular weight is 799 g/mol. The number of ether oxygens (including phenoxy) is 3. The van der Waals surface area contributed by atoms with Gasteiger partial charge in [-0.2, -0.15) is 0 Å². The third-order valence-corrected chi connectivity index (χ3v) is 10.6. The zero-order chi connectivity index (χ0) is 42.8. The molecule has 0 amide bonds. The Morgan fingerprint density at radius 2 is 1.41 bits per heavy atom. The predicted octanol–water partition coefficient (Wildman–Crippen LogP) is 13.8. The first-order valence-electron chi connectivity index (χ1n) is 21.9. The summed E-state index contributed by atoms with van der Waals surface area (Å²) in [7, 11) is 0. The van der Waals surface area contributed by atoms with E-state index in [-0.39, 0.29) is 18.6 Å². The van der Waals surface area contributed by atoms with E-state index in [9.17, 15) is 4.79 Å². The van der Waals surface area contributed by atoms with Gasteiger partial charge in [-0.25, -0.2) is 14.6 Å². The van der Waals surface area contributed by atoms with E-state index in [1.54, 1.807) is 30.3 Å². The molecule has 1 aliphatic heterocycles. The number of aryl methyl sites for hydroxylation is 2. The number of fused-ring (bicyclic) bond motifs is 7. The van der Waals surface area contributed by atoms with Crippen LogP contribution in [0.3, 0.4) is 0 Å². The summed E-state index contributed by atoms with van der Waals surface area (Å²) in [5.41, 5.74) is 8.86. The fourth-order valence-electron chi connectivity index (χ4n) is 7.83. The van der Waals surface area contributed by atoms with Crippen molar-refractivity contribution >= 4 is 12.0 Å². The Hall–Kier alpha value is -5.01. The zero-order valence-electron chi connectivity index (χ0n) is 36.9. The Morgan fingerprint density at radius 3 is 2.10 bits per heavy atom. The second-order valence-corrected chi connectivity index (χ2v) is 13.8. The van der Waals surface area contributed by atoms with Crippen LogP contribution in [0.4, 0.5) is 0 Å². The first-order valence-corrected chi connectivity index (χ1v) is 21.9. The highest BCUT2D eigenvalue weighted by Gasteiger charge is 2.48. The molecule has 6 nitrogen and oxygen atoms in total. The highest BCUT2D eigenvalue weighted by atomic mass is 17.2. The fraction of sp³-hybridized carbons (Fsp3) is 0.377. The van der Waals surface area contributed by atoms with Gasteiger partial charge >= 0.3 is 5.97 Å². The van der Waals surface area contributed by atoms with Crippen molar-refractivity contribution in [2.75, 3.05) is 0 Å². The van der Waals surface area contributed by atoms with Crippen LogP contribution in [0.25, 0.3) is 6.08 Å². The molecule has 3 aliphatic rings. The molecule has 6 heteroatoms. The van der Waals surface area contributed by atoms with Crippen molar-refractivity contribution in [3.63, 3.8) is 0 Å². The third-order valence-electron chi connectivity index (χ3n) is 10.6. The van der Waals surface area contributed by atoms with Crippen LogP contribution in [-0.4, -0.2) is 18.4 Å². The highest BCUT2D eigenvalue weighted by Crippen LogP contribution is 2.50. The number of hydrogen-bond acceptors (Lipinski definition) is 6. The van der Waals surface area contributed by atoms with Gasteiger partial charge in [0.05, 0.1) is 11.7 Å². The Kier molecular flexibility index (Phi) is 18.6. The van der Waals surface area contributed by atoms with Crippen LogP contribution in [0.2, 0.25) is 0 Å². The minimum absolute atomic E-state index is 0.0723. The standard InChI is InChI=1S/C45H42O6.4C2H6/c1-3-30-17-21-34(22-18-30)43(46)48-36-25-19-31(20-26-36)29-47-51-45(2,35-13-5-4-6-14-35)44-49-39-27-23-32-11-7-9-15-37(32)41(39)42-38-16-10-8-12-33(38)24-28-40(42)50-44;4*1-2/h3-7,9,11,13-15,17-22,24-26,28,39,41,44H,1,8,10,12,16,23,27,29H2,2H3;4*1-2H3/t39-,41+,44?,45?;;;;/m1..../s1. The smallest absolute Gasteiger partial charge is 0.343 e. The molecule has 0 spiro atoms. The summed E-state index contributed by atoms with van der Waals surface area (Å²) in [6.07, 6.45) is 7.21. The molecule has 314 valence electrons. The van der Waals surface area contributed by atoms with Crippen LogP contribution in [0.15, 0.2) is 122 Å². The number of esters is 1. The largest absolute Gasteiger partial charge is 0.461 e. The van der Waals surface area contributed by atoms with E-state index in [1.807, 2.05) is 117 Å². The van der Waals surface area contributed by atoms with Crippen LogP contribution < -0.4 is 9.47 Å². The Balaban J connectivity index is 0.000000908. The minimum atomic E-state index is -1.11. The number of benzene rings is 5. The maximum Gasteiger partial charge on any atom is 0.343 e. The van der Waals surface area contributed by atoms with E-state index in [4.69, 9.17) is 24.0 Å². The number of hydrogen-bond donors (Lipinski definition) is 0. The van der Waals surface area contributed by atoms with Gasteiger partial charge in [-0.3, -0.25) is 0 Å². The van der Waals surface area contributed by atoms with E-state index in [2.05, 4.69) is 43.0 Å². The van der Waals surface area contributed by atoms with Crippen LogP contribution in [-0.2, 0) is 46.0 Å². The molecular weight excluding hydrogens is 733 g/mol. The summed E-state index contributed by atoms with van der Waals surface area (Å²) in [5.74, 6) is 0.947. The molecular formula is C53H66O6. The quantitative estimate of drug-likeness (QED) is 0.0640. The lowest BCUT2D eigenvalue weighted by atomic mass is 9.73. The maximum atomic E-state index is 12.7. The Labute approximate surface area is 354 Å². The van der Waals surface area contributed by atoms with Crippen molar-refractivity contribution in [3.05, 3.63) is 172 Å². The van der Waals surface area contributed by atoms with Gasteiger partial charge in [-0.1, -0.05) is 153 Å². The summed E-state index contributed by atoms with van der Waals surface area (Å²) in [4.78, 5) is 25.1. The monoisotopic (exact) mass is 798 g/mol. The lowest BCUT2D eigenvalue weighted by Gasteiger charge is -2.38. The van der Waals surface area contributed by atoms with Crippen LogP contribution >= 0.6 is 0 Å². The predicted molar refractivity (Wildman–Crippen MR) is 242 cm³/mol. The third kappa shape index (κ3) is 11.0. The molecule has 5 aromatic carbocycles. The summed E-state index contributed by atoms with van der Waals surface area (Å²) >= 11 is 0. The molecule has 0 saturated heterocycles. The van der Waals surface area contributed by atoms with Crippen molar-refractivity contribution in [1.29, 1.82) is 0 Å². The van der Waals surface area contributed by atoms with Crippen molar-refractivity contribution in [2.45, 2.75) is 131 Å². The Morgan fingerprint density at radius 1 is 0.746 bits per heavy atom. The molecule has 0 bridgehead atoms. The van der Waals surface area contributed by atoms with Crippen LogP contribution in [0.1, 0.15) is 142 Å². The van der Waals surface area contributed by atoms with Gasteiger partial charge in [-0.05, 0) is 115 Å². The second kappa shape index (κ2) is 23.5. The Bertz CT molecular complexity index is 2020. The van der Waals surface area contributed by atoms with Crippen LogP contribution in [0, 0.1) is 0 Å². The average Bonchev–Trinajstić information content (AvgIpc) is 3.50. The molecule has 1 heterocycles. The number of carbonyl (C=O) groups is 1. The molecule has 8 rings (SSSR count). The molecule has 59 heavy (non-hydrogen) atoms. The van der Waals surface area contributed by atoms with E-state index in [0.29, 0.717) is 11.3 Å². The first kappa shape index (κ1) is 46.7. The molecule has 0 aromatic heterocycles. The lowest BCUT2D eigenvalue weighted by Crippen LogP contribution is -2.47. The highest BCUT2D eigenvalue weighted by molar-refractivity contribution is 5.91. The van der Waals surface area contributed by atoms with Gasteiger partial charge in [0.25, 0.3) is 0 Å². The van der Waals surface area contributed by atoms with Gasteiger partial charge < -0.3 is 14.2 Å². The summed E-state index contributed by atoms with van der Waals surface area (Å²) < 4.78 is 19.7. The van der Waals surface area contributed by atoms with E-state index in [1.165, 1.54) is 40.7 Å². The van der Waals surface area contributed by atoms with Gasteiger partial charge in [0.15, 0.2) is 5.60 Å². The topological polar surface area (TPSA) is 63.2 Å². The molecule has 0 fully saturated rings. The van der Waals surface area contributed by atoms with Gasteiger partial charge in [-0.15, -0.1) is 0 Å². The molecule has 2 aliphatic carbocycles. The zero-order valence-corrected chi connectivity index (χ0v) is 36.9. The van der Waals surface area contributed by atoms with Gasteiger partial charge in [0.2, 0.25) is 6.29 Å². The molecule has 5 aromatic rings. The van der Waals surface area contributed by atoms with Crippen molar-refractivity contribution in [1.82, 2.24) is 0 Å². The van der Waals surface area contributed by atoms with Gasteiger partial charge in [0, 0.05) is 11.5 Å². The first-order chi connectivity index (χ1) is 29.0. The van der Waals surface area contributed by atoms with E-state index < -0.39 is 17.9 Å². The fourth-order valence-corrected chi connectivity index (χ4v) is 7.83. The minimum Gasteiger partial charge on any atom is -0.461 e. The number of rotatable bonds is 9. The summed E-state index contributed by atoms with van der Waals surface area (Å²) in [6, 6.07) is 37.5. The number of carbonyl (C=O) groups excluding carboxylic acids is 1. The molecule has 4 atom stereocenters. The lowest BCUT2D eigenvalue weighted by molar-refractivity contribution is -0.409. The molecule has 0 radical (unpaired) electrons. The maximum absolute atomic E-state index is 12.7. The van der Waals surface area contributed by atoms with Crippen molar-refractivity contribution in [2.24, 2.45) is 0 Å².